The molecule has 0 bridgehead atoms. The van der Waals surface area contributed by atoms with Gasteiger partial charge in [-0.3, -0.25) is 0 Å². The van der Waals surface area contributed by atoms with Crippen molar-refractivity contribution in [3.05, 3.63) is 76.5 Å². The van der Waals surface area contributed by atoms with Gasteiger partial charge in [0.2, 0.25) is 0 Å². The van der Waals surface area contributed by atoms with E-state index >= 15 is 0 Å². The van der Waals surface area contributed by atoms with Crippen LogP contribution in [0.3, 0.4) is 0 Å². The Morgan fingerprint density at radius 2 is 1.48 bits per heavy atom. The van der Waals surface area contributed by atoms with Gasteiger partial charge in [0.1, 0.15) is 0 Å². The predicted molar refractivity (Wildman–Crippen MR) is 94.1 cm³/mol. The van der Waals surface area contributed by atoms with Crippen molar-refractivity contribution in [1.29, 1.82) is 0 Å². The molecule has 0 saturated heterocycles. The smallest absolute Gasteiger partial charge is 0.0477 e. The van der Waals surface area contributed by atoms with Gasteiger partial charge >= 0.3 is 0 Å². The van der Waals surface area contributed by atoms with Gasteiger partial charge in [-0.05, 0) is 61.6 Å². The number of fused-ring (bicyclic) bond motifs is 1. The van der Waals surface area contributed by atoms with Gasteiger partial charge in [0, 0.05) is 24.9 Å². The first-order valence-corrected chi connectivity index (χ1v) is 7.47. The lowest BCUT2D eigenvalue weighted by atomic mass is 9.92. The molecule has 1 heterocycles. The van der Waals surface area contributed by atoms with Crippen molar-refractivity contribution in [2.24, 2.45) is 0 Å². The largest absolute Gasteiger partial charge is 0.347 e. The molecule has 1 aliphatic rings. The van der Waals surface area contributed by atoms with E-state index in [4.69, 9.17) is 0 Å². The van der Waals surface area contributed by atoms with Gasteiger partial charge in [0.15, 0.2) is 0 Å². The Morgan fingerprint density at radius 1 is 0.857 bits per heavy atom. The Bertz CT molecular complexity index is 657. The summed E-state index contributed by atoms with van der Waals surface area (Å²) in [5, 5.41) is 0. The van der Waals surface area contributed by atoms with Crippen molar-refractivity contribution < 1.29 is 0 Å². The maximum absolute atomic E-state index is 3.67. The molecule has 0 aliphatic carbocycles. The maximum atomic E-state index is 3.67. The third kappa shape index (κ3) is 2.73. The van der Waals surface area contributed by atoms with Gasteiger partial charge in [-0.2, -0.15) is 0 Å². The summed E-state index contributed by atoms with van der Waals surface area (Å²) < 4.78 is 0. The van der Waals surface area contributed by atoms with Crippen LogP contribution in [0.25, 0.3) is 0 Å². The van der Waals surface area contributed by atoms with E-state index in [1.165, 1.54) is 39.2 Å². The lowest BCUT2D eigenvalue weighted by molar-refractivity contribution is 1.09. The molecule has 1 aromatic carbocycles. The topological polar surface area (TPSA) is 3.24 Å². The molecule has 0 aromatic heterocycles. The molecule has 0 fully saturated rings. The Balaban J connectivity index is 2.39. The fraction of sp³-hybridized carbons (Fsp3) is 0.300. The number of likely N-dealkylation sites (N-methyl/N-ethyl adjacent to an activating group) is 1. The average molecular weight is 279 g/mol. The lowest BCUT2D eigenvalue weighted by Gasteiger charge is -2.20. The van der Waals surface area contributed by atoms with Crippen LogP contribution < -0.4 is 4.90 Å². The fourth-order valence-corrected chi connectivity index (χ4v) is 3.03. The molecule has 1 nitrogen and oxygen atoms in total. The van der Waals surface area contributed by atoms with Crippen molar-refractivity contribution in [2.45, 2.75) is 34.1 Å². The van der Waals surface area contributed by atoms with Crippen LogP contribution in [0.5, 0.6) is 0 Å². The standard InChI is InChI=1S/C20H25N/c1-7-8-9-10-11-12-18-13-19-16(4)14(2)15(3)17(5)20(19)21(18)6/h7-12H,1,13H2,2-6H3. The second kappa shape index (κ2) is 6.17. The molecule has 0 amide bonds. The van der Waals surface area contributed by atoms with Crippen molar-refractivity contribution in [3.63, 3.8) is 0 Å². The van der Waals surface area contributed by atoms with E-state index in [1.807, 2.05) is 18.2 Å². The molecule has 1 aliphatic heterocycles. The van der Waals surface area contributed by atoms with Crippen LogP contribution in [-0.4, -0.2) is 7.05 Å². The molecule has 1 heteroatoms. The second-order valence-corrected chi connectivity index (χ2v) is 5.73. The van der Waals surface area contributed by atoms with Crippen LogP contribution in [0.1, 0.15) is 27.8 Å². The zero-order valence-electron chi connectivity index (χ0n) is 13.8. The number of allylic oxidation sites excluding steroid dienone is 7. The normalized spacial score (nSPS) is 16.4. The summed E-state index contributed by atoms with van der Waals surface area (Å²) in [4.78, 5) is 2.34. The highest BCUT2D eigenvalue weighted by molar-refractivity contribution is 5.73. The number of nitrogens with zero attached hydrogens (tertiary/aromatic N) is 1. The van der Waals surface area contributed by atoms with E-state index in [0.717, 1.165) is 6.42 Å². The van der Waals surface area contributed by atoms with Gasteiger partial charge in [-0.1, -0.05) is 37.0 Å². The molecule has 110 valence electrons. The molecule has 21 heavy (non-hydrogen) atoms. The minimum absolute atomic E-state index is 1.02. The minimum atomic E-state index is 1.02. The number of anilines is 1. The number of hydrogen-bond donors (Lipinski definition) is 0. The molecule has 0 N–H and O–H groups in total. The summed E-state index contributed by atoms with van der Waals surface area (Å²) in [5.74, 6) is 0. The van der Waals surface area contributed by atoms with Gasteiger partial charge in [0.05, 0.1) is 0 Å². The van der Waals surface area contributed by atoms with Gasteiger partial charge in [-0.25, -0.2) is 0 Å². The Kier molecular flexibility index (Phi) is 4.52. The van der Waals surface area contributed by atoms with Crippen molar-refractivity contribution in [2.75, 3.05) is 11.9 Å². The van der Waals surface area contributed by atoms with Gasteiger partial charge < -0.3 is 4.90 Å². The number of benzene rings is 1. The molecule has 0 atom stereocenters. The first kappa shape index (κ1) is 15.4. The third-order valence-corrected chi connectivity index (χ3v) is 4.66. The SMILES string of the molecule is C=CC=CC=CC=C1Cc2c(C)c(C)c(C)c(C)c2N1C. The van der Waals surface area contributed by atoms with Crippen LogP contribution in [0.15, 0.2) is 48.7 Å². The van der Waals surface area contributed by atoms with E-state index in [1.54, 1.807) is 6.08 Å². The lowest BCUT2D eigenvalue weighted by Crippen LogP contribution is -2.12. The van der Waals surface area contributed by atoms with E-state index in [0.29, 0.717) is 0 Å². The molecule has 0 spiro atoms. The summed E-state index contributed by atoms with van der Waals surface area (Å²) in [6.45, 7) is 12.6. The summed E-state index contributed by atoms with van der Waals surface area (Å²) in [6, 6.07) is 0. The zero-order valence-corrected chi connectivity index (χ0v) is 13.8. The van der Waals surface area contributed by atoms with Crippen molar-refractivity contribution >= 4 is 5.69 Å². The quantitative estimate of drug-likeness (QED) is 0.696. The third-order valence-electron chi connectivity index (χ3n) is 4.66. The Morgan fingerprint density at radius 3 is 2.14 bits per heavy atom. The Labute approximate surface area is 129 Å². The van der Waals surface area contributed by atoms with Crippen LogP contribution in [-0.2, 0) is 6.42 Å². The predicted octanol–water partition coefficient (Wildman–Crippen LogP) is 5.09. The van der Waals surface area contributed by atoms with Crippen LogP contribution in [0.4, 0.5) is 5.69 Å². The molecule has 0 unspecified atom stereocenters. The highest BCUT2D eigenvalue weighted by atomic mass is 15.1. The maximum Gasteiger partial charge on any atom is 0.0477 e. The molecule has 2 rings (SSSR count). The van der Waals surface area contributed by atoms with Crippen molar-refractivity contribution in [1.82, 2.24) is 0 Å². The highest BCUT2D eigenvalue weighted by Crippen LogP contribution is 2.41. The summed E-state index contributed by atoms with van der Waals surface area (Å²) in [6.07, 6.45) is 13.1. The monoisotopic (exact) mass is 279 g/mol. The molecule has 0 radical (unpaired) electrons. The first-order valence-electron chi connectivity index (χ1n) is 7.47. The van der Waals surface area contributed by atoms with Crippen molar-refractivity contribution in [3.8, 4) is 0 Å². The fourth-order valence-electron chi connectivity index (χ4n) is 3.03. The van der Waals surface area contributed by atoms with Crippen LogP contribution >= 0.6 is 0 Å². The number of hydrogen-bond acceptors (Lipinski definition) is 1. The molecule has 0 saturated carbocycles. The molecular formula is C20H25N. The summed E-state index contributed by atoms with van der Waals surface area (Å²) in [7, 11) is 2.17. The van der Waals surface area contributed by atoms with Crippen LogP contribution in [0.2, 0.25) is 0 Å². The highest BCUT2D eigenvalue weighted by Gasteiger charge is 2.26. The minimum Gasteiger partial charge on any atom is -0.347 e. The molecular weight excluding hydrogens is 254 g/mol. The van der Waals surface area contributed by atoms with E-state index in [-0.39, 0.29) is 0 Å². The van der Waals surface area contributed by atoms with E-state index < -0.39 is 0 Å². The van der Waals surface area contributed by atoms with Crippen LogP contribution in [0, 0.1) is 27.7 Å². The van der Waals surface area contributed by atoms with E-state index in [9.17, 15) is 0 Å². The van der Waals surface area contributed by atoms with E-state index in [2.05, 4.69) is 58.4 Å². The Hall–Kier alpha value is -2.02. The average Bonchev–Trinajstić information content (AvgIpc) is 2.80. The first-order chi connectivity index (χ1) is 9.99. The second-order valence-electron chi connectivity index (χ2n) is 5.73. The number of rotatable bonds is 3. The van der Waals surface area contributed by atoms with Gasteiger partial charge in [0.25, 0.3) is 0 Å². The summed E-state index contributed by atoms with van der Waals surface area (Å²) >= 11 is 0. The van der Waals surface area contributed by atoms with Gasteiger partial charge in [-0.15, -0.1) is 0 Å². The zero-order chi connectivity index (χ0) is 15.6. The molecule has 1 aromatic rings. The summed E-state index contributed by atoms with van der Waals surface area (Å²) in [5.41, 5.74) is 9.95.